The molecule has 0 spiro atoms. The van der Waals surface area contributed by atoms with Crippen LogP contribution in [0.25, 0.3) is 11.3 Å². The fraction of sp³-hybridized carbons (Fsp3) is 0.167. The first-order valence-corrected chi connectivity index (χ1v) is 7.96. The maximum atomic E-state index is 12.8. The lowest BCUT2D eigenvalue weighted by Crippen LogP contribution is -2.15. The number of benzene rings is 1. The average Bonchev–Trinajstić information content (AvgIpc) is 2.97. The molecule has 2 aromatic heterocycles. The molecule has 1 aromatic carbocycles. The first kappa shape index (κ1) is 16.2. The average molecular weight is 342 g/mol. The molecule has 122 valence electrons. The molecule has 0 aliphatic rings. The Bertz CT molecular complexity index is 889. The molecule has 5 nitrogen and oxygen atoms in total. The zero-order valence-electron chi connectivity index (χ0n) is 13.3. The lowest BCUT2D eigenvalue weighted by Gasteiger charge is -2.09. The smallest absolute Gasteiger partial charge is 0.262 e. The Labute approximate surface area is 144 Å². The van der Waals surface area contributed by atoms with Gasteiger partial charge in [0.25, 0.3) is 5.91 Å². The van der Waals surface area contributed by atoms with E-state index in [2.05, 4.69) is 15.5 Å². The number of rotatable bonds is 4. The van der Waals surface area contributed by atoms with E-state index < -0.39 is 0 Å². The van der Waals surface area contributed by atoms with Gasteiger partial charge in [0.05, 0.1) is 5.02 Å². The van der Waals surface area contributed by atoms with Crippen LogP contribution in [-0.4, -0.2) is 16.0 Å². The summed E-state index contributed by atoms with van der Waals surface area (Å²) in [4.78, 5) is 17.0. The summed E-state index contributed by atoms with van der Waals surface area (Å²) in [7, 11) is 0. The third kappa shape index (κ3) is 3.03. The lowest BCUT2D eigenvalue weighted by molar-refractivity contribution is 0.102. The van der Waals surface area contributed by atoms with Crippen LogP contribution in [0.5, 0.6) is 0 Å². The van der Waals surface area contributed by atoms with Crippen molar-refractivity contribution in [3.05, 3.63) is 64.5 Å². The van der Waals surface area contributed by atoms with E-state index in [-0.39, 0.29) is 5.91 Å². The van der Waals surface area contributed by atoms with Crippen LogP contribution in [0.3, 0.4) is 0 Å². The van der Waals surface area contributed by atoms with Crippen molar-refractivity contribution in [3.8, 4) is 11.3 Å². The summed E-state index contributed by atoms with van der Waals surface area (Å²) < 4.78 is 5.23. The van der Waals surface area contributed by atoms with Gasteiger partial charge in [0.1, 0.15) is 22.8 Å². The molecule has 0 atom stereocenters. The van der Waals surface area contributed by atoms with Crippen LogP contribution in [0.2, 0.25) is 5.02 Å². The number of hydrogen-bond donors (Lipinski definition) is 1. The van der Waals surface area contributed by atoms with Gasteiger partial charge < -0.3 is 9.84 Å². The number of anilines is 1. The number of nitrogens with one attached hydrogen (secondary N) is 1. The van der Waals surface area contributed by atoms with Crippen molar-refractivity contribution in [1.82, 2.24) is 10.1 Å². The van der Waals surface area contributed by atoms with Crippen molar-refractivity contribution in [2.45, 2.75) is 20.3 Å². The standard InChI is InChI=1S/C18H16ClN3O2/c1-3-12-7-6-10-20-17(12)21-18(23)15-11(2)24-22-16(15)13-8-4-5-9-14(13)19/h4-10H,3H2,1-2H3,(H,20,21,23). The molecule has 1 amide bonds. The minimum atomic E-state index is -0.322. The Morgan fingerprint density at radius 2 is 2.04 bits per heavy atom. The maximum Gasteiger partial charge on any atom is 0.262 e. The highest BCUT2D eigenvalue weighted by Crippen LogP contribution is 2.31. The van der Waals surface area contributed by atoms with E-state index in [0.29, 0.717) is 33.4 Å². The molecule has 0 saturated heterocycles. The molecule has 0 radical (unpaired) electrons. The predicted molar refractivity (Wildman–Crippen MR) is 93.3 cm³/mol. The molecule has 1 N–H and O–H groups in total. The van der Waals surface area contributed by atoms with Gasteiger partial charge in [0.15, 0.2) is 0 Å². The predicted octanol–water partition coefficient (Wildman–Crippen LogP) is 4.51. The van der Waals surface area contributed by atoms with E-state index in [0.717, 1.165) is 12.0 Å². The number of amides is 1. The van der Waals surface area contributed by atoms with Crippen molar-refractivity contribution in [2.24, 2.45) is 0 Å². The number of nitrogens with zero attached hydrogens (tertiary/aromatic N) is 2. The number of halogens is 1. The van der Waals surface area contributed by atoms with Crippen molar-refractivity contribution in [2.75, 3.05) is 5.32 Å². The molecule has 0 fully saturated rings. The molecule has 3 aromatic rings. The van der Waals surface area contributed by atoms with Gasteiger partial charge in [0.2, 0.25) is 0 Å². The van der Waals surface area contributed by atoms with Gasteiger partial charge in [-0.15, -0.1) is 0 Å². The first-order valence-electron chi connectivity index (χ1n) is 7.58. The summed E-state index contributed by atoms with van der Waals surface area (Å²) in [6, 6.07) is 11.0. The highest BCUT2D eigenvalue weighted by atomic mass is 35.5. The Kier molecular flexibility index (Phi) is 4.62. The van der Waals surface area contributed by atoms with Crippen LogP contribution in [0.1, 0.15) is 28.6 Å². The normalized spacial score (nSPS) is 10.6. The van der Waals surface area contributed by atoms with Crippen LogP contribution in [0.4, 0.5) is 5.82 Å². The quantitative estimate of drug-likeness (QED) is 0.757. The van der Waals surface area contributed by atoms with Crippen LogP contribution < -0.4 is 5.32 Å². The second-order valence-corrected chi connectivity index (χ2v) is 5.67. The molecule has 24 heavy (non-hydrogen) atoms. The SMILES string of the molecule is CCc1cccnc1NC(=O)c1c(-c2ccccc2Cl)noc1C. The summed E-state index contributed by atoms with van der Waals surface area (Å²) in [5, 5.41) is 7.36. The Hall–Kier alpha value is -2.66. The zero-order valence-corrected chi connectivity index (χ0v) is 14.1. The van der Waals surface area contributed by atoms with Gasteiger partial charge in [-0.05, 0) is 31.0 Å². The summed E-state index contributed by atoms with van der Waals surface area (Å²) in [5.41, 5.74) is 2.39. The minimum Gasteiger partial charge on any atom is -0.360 e. The Morgan fingerprint density at radius 1 is 1.25 bits per heavy atom. The van der Waals surface area contributed by atoms with E-state index in [4.69, 9.17) is 16.1 Å². The largest absolute Gasteiger partial charge is 0.360 e. The number of carbonyl (C=O) groups excluding carboxylic acids is 1. The fourth-order valence-electron chi connectivity index (χ4n) is 2.48. The van der Waals surface area contributed by atoms with E-state index in [1.54, 1.807) is 25.3 Å². The number of carbonyl (C=O) groups is 1. The minimum absolute atomic E-state index is 0.322. The lowest BCUT2D eigenvalue weighted by atomic mass is 10.1. The van der Waals surface area contributed by atoms with Crippen molar-refractivity contribution in [3.63, 3.8) is 0 Å². The van der Waals surface area contributed by atoms with Crippen LogP contribution in [0, 0.1) is 6.92 Å². The van der Waals surface area contributed by atoms with E-state index in [1.165, 1.54) is 0 Å². The Balaban J connectivity index is 2.00. The fourth-order valence-corrected chi connectivity index (χ4v) is 2.71. The molecule has 0 aliphatic heterocycles. The summed E-state index contributed by atoms with van der Waals surface area (Å²) in [6.07, 6.45) is 2.41. The number of pyridine rings is 1. The van der Waals surface area contributed by atoms with Crippen LogP contribution >= 0.6 is 11.6 Å². The van der Waals surface area contributed by atoms with Crippen LogP contribution in [-0.2, 0) is 6.42 Å². The van der Waals surface area contributed by atoms with Crippen molar-refractivity contribution in [1.29, 1.82) is 0 Å². The summed E-state index contributed by atoms with van der Waals surface area (Å²) in [5.74, 6) is 0.643. The third-order valence-corrected chi connectivity index (χ3v) is 4.05. The highest BCUT2D eigenvalue weighted by molar-refractivity contribution is 6.33. The van der Waals surface area contributed by atoms with Gasteiger partial charge >= 0.3 is 0 Å². The van der Waals surface area contributed by atoms with Gasteiger partial charge in [0, 0.05) is 11.8 Å². The van der Waals surface area contributed by atoms with Gasteiger partial charge in [-0.2, -0.15) is 0 Å². The highest BCUT2D eigenvalue weighted by Gasteiger charge is 2.23. The molecular weight excluding hydrogens is 326 g/mol. The van der Waals surface area contributed by atoms with Gasteiger partial charge in [-0.1, -0.05) is 47.9 Å². The molecule has 0 aliphatic carbocycles. The second kappa shape index (κ2) is 6.84. The summed E-state index contributed by atoms with van der Waals surface area (Å²) >= 11 is 6.23. The number of hydrogen-bond acceptors (Lipinski definition) is 4. The number of aryl methyl sites for hydroxylation is 2. The second-order valence-electron chi connectivity index (χ2n) is 5.26. The van der Waals surface area contributed by atoms with E-state index >= 15 is 0 Å². The molecule has 3 rings (SSSR count). The molecule has 2 heterocycles. The first-order chi connectivity index (χ1) is 11.6. The summed E-state index contributed by atoms with van der Waals surface area (Å²) in [6.45, 7) is 3.70. The third-order valence-electron chi connectivity index (χ3n) is 3.72. The zero-order chi connectivity index (χ0) is 17.1. The molecule has 0 unspecified atom stereocenters. The van der Waals surface area contributed by atoms with Gasteiger partial charge in [-0.25, -0.2) is 4.98 Å². The number of aromatic nitrogens is 2. The Morgan fingerprint density at radius 3 is 2.79 bits per heavy atom. The molecule has 0 bridgehead atoms. The molecule has 6 heteroatoms. The van der Waals surface area contributed by atoms with Crippen LogP contribution in [0.15, 0.2) is 47.1 Å². The van der Waals surface area contributed by atoms with E-state index in [9.17, 15) is 4.79 Å². The maximum absolute atomic E-state index is 12.8. The molecule has 0 saturated carbocycles. The van der Waals surface area contributed by atoms with Crippen molar-refractivity contribution >= 4 is 23.3 Å². The monoisotopic (exact) mass is 341 g/mol. The van der Waals surface area contributed by atoms with E-state index in [1.807, 2.05) is 31.2 Å². The molecular formula is C18H16ClN3O2. The topological polar surface area (TPSA) is 68.0 Å². The van der Waals surface area contributed by atoms with Crippen molar-refractivity contribution < 1.29 is 9.32 Å². The van der Waals surface area contributed by atoms with Gasteiger partial charge in [-0.3, -0.25) is 4.79 Å².